The summed E-state index contributed by atoms with van der Waals surface area (Å²) in [6, 6.07) is 11.7. The highest BCUT2D eigenvalue weighted by Crippen LogP contribution is 2.37. The van der Waals surface area contributed by atoms with Crippen LogP contribution in [0.15, 0.2) is 47.4 Å². The van der Waals surface area contributed by atoms with Crippen molar-refractivity contribution < 1.29 is 17.9 Å². The predicted octanol–water partition coefficient (Wildman–Crippen LogP) is 3.84. The summed E-state index contributed by atoms with van der Waals surface area (Å²) in [5.41, 5.74) is 0.673. The molecule has 0 radical (unpaired) electrons. The number of rotatable bonds is 8. The zero-order valence-electron chi connectivity index (χ0n) is 14.7. The number of para-hydroxylation sites is 1. The van der Waals surface area contributed by atoms with E-state index in [0.29, 0.717) is 18.0 Å². The molecule has 2 rings (SSSR count). The Labute approximate surface area is 158 Å². The van der Waals surface area contributed by atoms with E-state index in [0.717, 1.165) is 24.6 Å². The van der Waals surface area contributed by atoms with Gasteiger partial charge in [-0.25, -0.2) is 13.6 Å². The van der Waals surface area contributed by atoms with E-state index in [9.17, 15) is 13.2 Å². The number of nitrogens with one attached hydrogen (secondary N) is 1. The van der Waals surface area contributed by atoms with Gasteiger partial charge < -0.3 is 10.1 Å². The van der Waals surface area contributed by atoms with Crippen molar-refractivity contribution in [3.05, 3.63) is 48.0 Å². The number of benzene rings is 2. The maximum absolute atomic E-state index is 12.1. The molecule has 0 bridgehead atoms. The van der Waals surface area contributed by atoms with E-state index in [4.69, 9.17) is 9.88 Å². The van der Waals surface area contributed by atoms with E-state index in [1.54, 1.807) is 36.6 Å². The molecule has 0 amide bonds. The number of primary sulfonamides is 1. The summed E-state index contributed by atoms with van der Waals surface area (Å²) in [4.78, 5) is 11.9. The first-order chi connectivity index (χ1) is 12.4. The van der Waals surface area contributed by atoms with Gasteiger partial charge in [0.2, 0.25) is 15.1 Å². The number of unbranched alkanes of at least 4 members (excludes halogenated alkanes) is 1. The van der Waals surface area contributed by atoms with Crippen molar-refractivity contribution in [3.8, 4) is 11.5 Å². The third-order valence-electron chi connectivity index (χ3n) is 3.59. The van der Waals surface area contributed by atoms with E-state index in [1.807, 2.05) is 13.0 Å². The molecule has 0 unspecified atom stereocenters. The molecule has 0 spiro atoms. The standard InChI is InChI=1S/C18H22N2O4S2/c1-3-4-10-20-15-11-13(18(21)25-2)12-16(26(19,22)23)17(15)24-14-8-6-5-7-9-14/h5-9,11-12,20H,3-4,10H2,1-2H3,(H2,19,22,23). The van der Waals surface area contributed by atoms with E-state index in [-0.39, 0.29) is 21.3 Å². The van der Waals surface area contributed by atoms with Crippen LogP contribution in [0.5, 0.6) is 11.5 Å². The summed E-state index contributed by atoms with van der Waals surface area (Å²) in [5.74, 6) is 0.562. The highest BCUT2D eigenvalue weighted by Gasteiger charge is 2.23. The van der Waals surface area contributed by atoms with Crippen molar-refractivity contribution >= 4 is 32.6 Å². The molecule has 26 heavy (non-hydrogen) atoms. The molecule has 3 N–H and O–H groups in total. The van der Waals surface area contributed by atoms with Crippen molar-refractivity contribution in [2.24, 2.45) is 5.14 Å². The molecule has 2 aromatic carbocycles. The van der Waals surface area contributed by atoms with Gasteiger partial charge in [0.25, 0.3) is 0 Å². The highest BCUT2D eigenvalue weighted by molar-refractivity contribution is 8.13. The van der Waals surface area contributed by atoms with Gasteiger partial charge in [0.15, 0.2) is 5.75 Å². The van der Waals surface area contributed by atoms with Gasteiger partial charge >= 0.3 is 0 Å². The molecule has 0 heterocycles. The molecular formula is C18H22N2O4S2. The molecule has 0 saturated heterocycles. The quantitative estimate of drug-likeness (QED) is 0.660. The Morgan fingerprint density at radius 1 is 1.23 bits per heavy atom. The van der Waals surface area contributed by atoms with Gasteiger partial charge in [-0.05, 0) is 36.9 Å². The number of thioether (sulfide) groups is 1. The van der Waals surface area contributed by atoms with Gasteiger partial charge in [-0.2, -0.15) is 0 Å². The molecular weight excluding hydrogens is 372 g/mol. The number of ether oxygens (including phenoxy) is 1. The first kappa shape index (κ1) is 20.3. The predicted molar refractivity (Wildman–Crippen MR) is 106 cm³/mol. The lowest BCUT2D eigenvalue weighted by molar-refractivity contribution is 0.108. The molecule has 0 aliphatic carbocycles. The molecule has 0 fully saturated rings. The summed E-state index contributed by atoms with van der Waals surface area (Å²) in [7, 11) is -4.10. The summed E-state index contributed by atoms with van der Waals surface area (Å²) >= 11 is 1.00. The average Bonchev–Trinajstić information content (AvgIpc) is 2.62. The van der Waals surface area contributed by atoms with Crippen LogP contribution >= 0.6 is 11.8 Å². The fraction of sp³-hybridized carbons (Fsp3) is 0.278. The SMILES string of the molecule is CCCCNc1cc(C(=O)SC)cc(S(N)(=O)=O)c1Oc1ccccc1. The summed E-state index contributed by atoms with van der Waals surface area (Å²) in [6.45, 7) is 2.66. The van der Waals surface area contributed by atoms with E-state index >= 15 is 0 Å². The minimum absolute atomic E-state index is 0.0902. The van der Waals surface area contributed by atoms with Gasteiger partial charge in [0.05, 0.1) is 5.69 Å². The average molecular weight is 395 g/mol. The maximum atomic E-state index is 12.1. The number of anilines is 1. The van der Waals surface area contributed by atoms with Crippen molar-refractivity contribution in [2.75, 3.05) is 18.1 Å². The number of carbonyl (C=O) groups is 1. The summed E-state index contributed by atoms with van der Waals surface area (Å²) in [6.07, 6.45) is 3.49. The van der Waals surface area contributed by atoms with Crippen LogP contribution in [0.4, 0.5) is 5.69 Å². The van der Waals surface area contributed by atoms with Crippen molar-refractivity contribution in [3.63, 3.8) is 0 Å². The molecule has 0 aromatic heterocycles. The Hall–Kier alpha value is -2.03. The zero-order chi connectivity index (χ0) is 19.2. The lowest BCUT2D eigenvalue weighted by Gasteiger charge is -2.17. The minimum atomic E-state index is -4.10. The Balaban J connectivity index is 2.60. The molecule has 8 heteroatoms. The third-order valence-corrected chi connectivity index (χ3v) is 5.11. The van der Waals surface area contributed by atoms with Gasteiger partial charge in [0.1, 0.15) is 10.6 Å². The van der Waals surface area contributed by atoms with Crippen molar-refractivity contribution in [1.82, 2.24) is 0 Å². The first-order valence-electron chi connectivity index (χ1n) is 8.12. The van der Waals surface area contributed by atoms with Crippen LogP contribution in [-0.4, -0.2) is 26.3 Å². The largest absolute Gasteiger partial charge is 0.454 e. The first-order valence-corrected chi connectivity index (χ1v) is 10.9. The smallest absolute Gasteiger partial charge is 0.241 e. The van der Waals surface area contributed by atoms with Crippen LogP contribution < -0.4 is 15.2 Å². The Bertz CT molecular complexity index is 868. The van der Waals surface area contributed by atoms with Gasteiger partial charge in [-0.1, -0.05) is 43.3 Å². The number of carbonyl (C=O) groups excluding carboxylic acids is 1. The fourth-order valence-electron chi connectivity index (χ4n) is 2.29. The van der Waals surface area contributed by atoms with E-state index in [2.05, 4.69) is 5.32 Å². The third kappa shape index (κ3) is 5.23. The van der Waals surface area contributed by atoms with Crippen LogP contribution in [-0.2, 0) is 10.0 Å². The highest BCUT2D eigenvalue weighted by atomic mass is 32.2. The Morgan fingerprint density at radius 2 is 1.92 bits per heavy atom. The Morgan fingerprint density at radius 3 is 2.50 bits per heavy atom. The molecule has 2 aromatic rings. The number of hydrogen-bond acceptors (Lipinski definition) is 6. The molecule has 0 atom stereocenters. The van der Waals surface area contributed by atoms with E-state index < -0.39 is 10.0 Å². The molecule has 140 valence electrons. The zero-order valence-corrected chi connectivity index (χ0v) is 16.3. The second kappa shape index (κ2) is 9.07. The second-order valence-corrected chi connectivity index (χ2v) is 7.89. The van der Waals surface area contributed by atoms with Gasteiger partial charge in [-0.3, -0.25) is 4.79 Å². The van der Waals surface area contributed by atoms with Gasteiger partial charge in [0, 0.05) is 12.1 Å². The van der Waals surface area contributed by atoms with Crippen LogP contribution in [0, 0.1) is 0 Å². The van der Waals surface area contributed by atoms with Crippen LogP contribution in [0.1, 0.15) is 30.1 Å². The number of hydrogen-bond donors (Lipinski definition) is 2. The fourth-order valence-corrected chi connectivity index (χ4v) is 3.35. The molecule has 0 saturated carbocycles. The number of nitrogens with two attached hydrogens (primary N) is 1. The monoisotopic (exact) mass is 394 g/mol. The van der Waals surface area contributed by atoms with Crippen LogP contribution in [0.2, 0.25) is 0 Å². The van der Waals surface area contributed by atoms with Crippen LogP contribution in [0.25, 0.3) is 0 Å². The minimum Gasteiger partial charge on any atom is -0.454 e. The lowest BCUT2D eigenvalue weighted by atomic mass is 10.2. The Kier molecular flexibility index (Phi) is 7.07. The molecule has 0 aliphatic heterocycles. The maximum Gasteiger partial charge on any atom is 0.241 e. The van der Waals surface area contributed by atoms with Crippen molar-refractivity contribution in [2.45, 2.75) is 24.7 Å². The van der Waals surface area contributed by atoms with E-state index in [1.165, 1.54) is 6.07 Å². The molecule has 6 nitrogen and oxygen atoms in total. The topological polar surface area (TPSA) is 98.5 Å². The van der Waals surface area contributed by atoms with Crippen molar-refractivity contribution in [1.29, 1.82) is 0 Å². The molecule has 0 aliphatic rings. The normalized spacial score (nSPS) is 11.2. The van der Waals surface area contributed by atoms with Gasteiger partial charge in [-0.15, -0.1) is 0 Å². The number of sulfonamides is 1. The lowest BCUT2D eigenvalue weighted by Crippen LogP contribution is -2.16. The van der Waals surface area contributed by atoms with Crippen LogP contribution in [0.3, 0.4) is 0 Å². The summed E-state index contributed by atoms with van der Waals surface area (Å²) < 4.78 is 30.1. The summed E-state index contributed by atoms with van der Waals surface area (Å²) in [5, 5.41) is 8.30. The second-order valence-electron chi connectivity index (χ2n) is 5.58.